The molecular weight excluding hydrogens is 490 g/mol. The molecule has 0 radical (unpaired) electrons. The minimum atomic E-state index is -1.00. The molecule has 0 saturated carbocycles. The van der Waals surface area contributed by atoms with E-state index in [1.54, 1.807) is 48.5 Å². The maximum absolute atomic E-state index is 13.4. The molecule has 11 heteroatoms. The summed E-state index contributed by atoms with van der Waals surface area (Å²) in [6.45, 7) is 2.28. The van der Waals surface area contributed by atoms with Gasteiger partial charge in [0.05, 0.1) is 13.7 Å². The summed E-state index contributed by atoms with van der Waals surface area (Å²) < 4.78 is 5.16. The summed E-state index contributed by atoms with van der Waals surface area (Å²) >= 11 is 0. The number of rotatable bonds is 6. The van der Waals surface area contributed by atoms with E-state index in [1.807, 2.05) is 0 Å². The van der Waals surface area contributed by atoms with Crippen molar-refractivity contribution >= 4 is 35.2 Å². The minimum Gasteiger partial charge on any atom is -0.497 e. The lowest BCUT2D eigenvalue weighted by Gasteiger charge is -2.41. The summed E-state index contributed by atoms with van der Waals surface area (Å²) in [5.74, 6) is -0.618. The first-order valence-corrected chi connectivity index (χ1v) is 12.5. The Kier molecular flexibility index (Phi) is 8.25. The third-order valence-corrected chi connectivity index (χ3v) is 6.71. The number of carbonyl (C=O) groups is 5. The number of anilines is 1. The summed E-state index contributed by atoms with van der Waals surface area (Å²) in [6, 6.07) is 10.9. The maximum Gasteiger partial charge on any atom is 0.321 e. The van der Waals surface area contributed by atoms with Gasteiger partial charge in [-0.2, -0.15) is 0 Å². The number of hydrogen-bond donors (Lipinski definition) is 3. The lowest BCUT2D eigenvalue weighted by molar-refractivity contribution is -0.133. The molecule has 2 heterocycles. The van der Waals surface area contributed by atoms with Crippen LogP contribution in [-0.4, -0.2) is 84.7 Å². The molecule has 38 heavy (non-hydrogen) atoms. The normalized spacial score (nSPS) is 19.3. The van der Waals surface area contributed by atoms with E-state index >= 15 is 0 Å². The van der Waals surface area contributed by atoms with Crippen molar-refractivity contribution in [3.63, 3.8) is 0 Å². The number of hydrogen-bond acceptors (Lipinski definition) is 6. The van der Waals surface area contributed by atoms with Crippen LogP contribution in [0.3, 0.4) is 0 Å². The van der Waals surface area contributed by atoms with Crippen molar-refractivity contribution in [3.05, 3.63) is 59.7 Å². The van der Waals surface area contributed by atoms with Crippen LogP contribution in [-0.2, 0) is 9.59 Å². The number of urea groups is 1. The van der Waals surface area contributed by atoms with Gasteiger partial charge in [0.1, 0.15) is 17.8 Å². The number of amides is 5. The highest BCUT2D eigenvalue weighted by Gasteiger charge is 2.39. The molecule has 3 N–H and O–H groups in total. The second-order valence-corrected chi connectivity index (χ2v) is 9.25. The van der Waals surface area contributed by atoms with Gasteiger partial charge in [-0.25, -0.2) is 4.79 Å². The Labute approximate surface area is 220 Å². The molecule has 200 valence electrons. The summed E-state index contributed by atoms with van der Waals surface area (Å²) in [6.07, 6.45) is 1.23. The van der Waals surface area contributed by atoms with Gasteiger partial charge in [-0.15, -0.1) is 0 Å². The lowest BCUT2D eigenvalue weighted by atomic mass is 10.0. The number of piperidine rings is 1. The van der Waals surface area contributed by atoms with Gasteiger partial charge in [-0.1, -0.05) is 0 Å². The Morgan fingerprint density at radius 2 is 1.66 bits per heavy atom. The van der Waals surface area contributed by atoms with Gasteiger partial charge in [-0.05, 0) is 68.3 Å². The molecule has 5 amide bonds. The zero-order valence-electron chi connectivity index (χ0n) is 21.4. The van der Waals surface area contributed by atoms with E-state index in [-0.39, 0.29) is 37.2 Å². The van der Waals surface area contributed by atoms with Crippen LogP contribution in [0.1, 0.15) is 40.5 Å². The highest BCUT2D eigenvalue weighted by Crippen LogP contribution is 2.19. The van der Waals surface area contributed by atoms with E-state index in [4.69, 9.17) is 4.74 Å². The third-order valence-electron chi connectivity index (χ3n) is 6.71. The molecular formula is C27H31N5O6. The Bertz CT molecular complexity index is 1210. The number of benzene rings is 2. The first-order valence-electron chi connectivity index (χ1n) is 12.5. The average molecular weight is 522 g/mol. The molecule has 0 aliphatic carbocycles. The number of Topliss-reactive ketones (excluding diaryl/α,β-unsaturated/α-hetero) is 1. The quantitative estimate of drug-likeness (QED) is 0.495. The van der Waals surface area contributed by atoms with Crippen molar-refractivity contribution in [1.29, 1.82) is 0 Å². The number of ketones is 1. The summed E-state index contributed by atoms with van der Waals surface area (Å²) in [7, 11) is 1.53. The first kappa shape index (κ1) is 26.6. The molecule has 0 unspecified atom stereocenters. The van der Waals surface area contributed by atoms with E-state index in [0.29, 0.717) is 35.5 Å². The third kappa shape index (κ3) is 6.10. The standard InChI is InChI=1S/C27H31N5O6/c1-17(33)18-5-9-20(10-6-18)29-27(37)31-14-15-32(26(36)19-7-11-21(38-2)12-8-19)23(16-31)25(35)30-22-4-3-13-28-24(22)34/h5-12,22-23H,3-4,13-16H2,1-2H3,(H,28,34)(H,29,37)(H,30,35)/t22-,23+/m0/s1. The van der Waals surface area contributed by atoms with Gasteiger partial charge in [-0.3, -0.25) is 19.2 Å². The van der Waals surface area contributed by atoms with Crippen molar-refractivity contribution in [3.8, 4) is 5.75 Å². The molecule has 2 aliphatic rings. The predicted molar refractivity (Wildman–Crippen MR) is 139 cm³/mol. The lowest BCUT2D eigenvalue weighted by Crippen LogP contribution is -2.64. The molecule has 4 rings (SSSR count). The van der Waals surface area contributed by atoms with E-state index in [9.17, 15) is 24.0 Å². The number of carbonyl (C=O) groups excluding carboxylic acids is 5. The van der Waals surface area contributed by atoms with Crippen molar-refractivity contribution in [2.75, 3.05) is 38.6 Å². The van der Waals surface area contributed by atoms with Crippen LogP contribution >= 0.6 is 0 Å². The van der Waals surface area contributed by atoms with E-state index in [1.165, 1.54) is 23.8 Å². The number of nitrogens with zero attached hydrogens (tertiary/aromatic N) is 2. The molecule has 2 aliphatic heterocycles. The van der Waals surface area contributed by atoms with Crippen LogP contribution in [0.25, 0.3) is 0 Å². The van der Waals surface area contributed by atoms with Gasteiger partial charge in [0.25, 0.3) is 5.91 Å². The monoisotopic (exact) mass is 521 g/mol. The molecule has 0 bridgehead atoms. The summed E-state index contributed by atoms with van der Waals surface area (Å²) in [4.78, 5) is 66.5. The van der Waals surface area contributed by atoms with Gasteiger partial charge in [0.2, 0.25) is 11.8 Å². The van der Waals surface area contributed by atoms with Crippen LogP contribution in [0, 0.1) is 0 Å². The second kappa shape index (κ2) is 11.8. The molecule has 11 nitrogen and oxygen atoms in total. The van der Waals surface area contributed by atoms with Crippen LogP contribution in [0.4, 0.5) is 10.5 Å². The zero-order valence-corrected chi connectivity index (χ0v) is 21.4. The highest BCUT2D eigenvalue weighted by atomic mass is 16.5. The minimum absolute atomic E-state index is 0.0561. The molecule has 2 saturated heterocycles. The van der Waals surface area contributed by atoms with Gasteiger partial charge < -0.3 is 30.5 Å². The van der Waals surface area contributed by atoms with Gasteiger partial charge in [0.15, 0.2) is 5.78 Å². The maximum atomic E-state index is 13.4. The second-order valence-electron chi connectivity index (χ2n) is 9.25. The molecule has 2 aromatic rings. The summed E-state index contributed by atoms with van der Waals surface area (Å²) in [5, 5.41) is 8.27. The van der Waals surface area contributed by atoms with Crippen LogP contribution < -0.4 is 20.7 Å². The fourth-order valence-corrected chi connectivity index (χ4v) is 4.50. The number of methoxy groups -OCH3 is 1. The van der Waals surface area contributed by atoms with Gasteiger partial charge in [0, 0.05) is 36.4 Å². The predicted octanol–water partition coefficient (Wildman–Crippen LogP) is 1.65. The Balaban J connectivity index is 1.51. The molecule has 2 atom stereocenters. The average Bonchev–Trinajstić information content (AvgIpc) is 2.94. The Hall–Kier alpha value is -4.41. The van der Waals surface area contributed by atoms with Gasteiger partial charge >= 0.3 is 6.03 Å². The van der Waals surface area contributed by atoms with E-state index < -0.39 is 24.0 Å². The number of ether oxygens (including phenoxy) is 1. The molecule has 0 aromatic heterocycles. The van der Waals surface area contributed by atoms with Crippen LogP contribution in [0.5, 0.6) is 5.75 Å². The SMILES string of the molecule is COc1ccc(C(=O)N2CCN(C(=O)Nc3ccc(C(C)=O)cc3)C[C@@H]2C(=O)N[C@H]2CCCNC2=O)cc1. The molecule has 2 aromatic carbocycles. The fraction of sp³-hybridized carbons (Fsp3) is 0.370. The number of nitrogens with one attached hydrogen (secondary N) is 3. The van der Waals surface area contributed by atoms with E-state index in [0.717, 1.165) is 6.42 Å². The van der Waals surface area contributed by atoms with Crippen molar-refractivity contribution in [2.45, 2.75) is 31.8 Å². The van der Waals surface area contributed by atoms with Crippen LogP contribution in [0.15, 0.2) is 48.5 Å². The smallest absolute Gasteiger partial charge is 0.321 e. The van der Waals surface area contributed by atoms with E-state index in [2.05, 4.69) is 16.0 Å². The number of piperazine rings is 1. The highest BCUT2D eigenvalue weighted by molar-refractivity contribution is 6.00. The van der Waals surface area contributed by atoms with Crippen molar-refractivity contribution in [2.24, 2.45) is 0 Å². The van der Waals surface area contributed by atoms with Crippen molar-refractivity contribution < 1.29 is 28.7 Å². The topological polar surface area (TPSA) is 137 Å². The summed E-state index contributed by atoms with van der Waals surface area (Å²) in [5.41, 5.74) is 1.40. The fourth-order valence-electron chi connectivity index (χ4n) is 4.50. The van der Waals surface area contributed by atoms with Crippen molar-refractivity contribution in [1.82, 2.24) is 20.4 Å². The first-order chi connectivity index (χ1) is 18.3. The Morgan fingerprint density at radius 3 is 2.29 bits per heavy atom. The molecule has 0 spiro atoms. The molecule has 2 fully saturated rings. The zero-order chi connectivity index (χ0) is 27.2. The Morgan fingerprint density at radius 1 is 0.974 bits per heavy atom. The largest absolute Gasteiger partial charge is 0.497 e. The van der Waals surface area contributed by atoms with Crippen LogP contribution in [0.2, 0.25) is 0 Å².